The Hall–Kier alpha value is -2.01. The van der Waals surface area contributed by atoms with Crippen molar-refractivity contribution in [1.29, 1.82) is 0 Å². The van der Waals surface area contributed by atoms with Gasteiger partial charge in [0, 0.05) is 30.0 Å². The molecule has 23 heavy (non-hydrogen) atoms. The van der Waals surface area contributed by atoms with E-state index in [1.807, 2.05) is 18.2 Å². The second kappa shape index (κ2) is 5.89. The highest BCUT2D eigenvalue weighted by Gasteiger charge is 2.40. The zero-order valence-electron chi connectivity index (χ0n) is 13.1. The normalized spacial score (nSPS) is 30.1. The molecule has 0 aliphatic heterocycles. The number of nitrogens with one attached hydrogen (secondary N) is 1. The van der Waals surface area contributed by atoms with Gasteiger partial charge < -0.3 is 11.1 Å². The molecule has 2 atom stereocenters. The number of amides is 1. The van der Waals surface area contributed by atoms with E-state index in [-0.39, 0.29) is 11.8 Å². The number of nitrogens with zero attached hydrogens (tertiary/aromatic N) is 2. The third kappa shape index (κ3) is 2.81. The summed E-state index contributed by atoms with van der Waals surface area (Å²) in [6.45, 7) is 0. The van der Waals surface area contributed by atoms with Gasteiger partial charge in [-0.25, -0.2) is 0 Å². The smallest absolute Gasteiger partial charge is 0.227 e. The zero-order chi connectivity index (χ0) is 15.8. The SMILES string of the molecule is NC1C2CCCC1CC(C(=O)Nc1ccc3nccnc3c1)C2. The molecular weight excluding hydrogens is 288 g/mol. The van der Waals surface area contributed by atoms with Crippen LogP contribution < -0.4 is 11.1 Å². The Morgan fingerprint density at radius 2 is 1.78 bits per heavy atom. The molecule has 1 heterocycles. The fourth-order valence-corrected chi connectivity index (χ4v) is 4.29. The largest absolute Gasteiger partial charge is 0.327 e. The van der Waals surface area contributed by atoms with Crippen LogP contribution in [0.15, 0.2) is 30.6 Å². The summed E-state index contributed by atoms with van der Waals surface area (Å²) in [5.74, 6) is 1.24. The summed E-state index contributed by atoms with van der Waals surface area (Å²) in [7, 11) is 0. The van der Waals surface area contributed by atoms with E-state index in [4.69, 9.17) is 5.73 Å². The predicted molar refractivity (Wildman–Crippen MR) is 89.7 cm³/mol. The summed E-state index contributed by atoms with van der Waals surface area (Å²) in [4.78, 5) is 21.2. The molecule has 2 aromatic rings. The maximum atomic E-state index is 12.7. The third-order valence-electron chi connectivity index (χ3n) is 5.52. The molecule has 0 spiro atoms. The highest BCUT2D eigenvalue weighted by molar-refractivity contribution is 5.94. The minimum absolute atomic E-state index is 0.0858. The van der Waals surface area contributed by atoms with E-state index in [9.17, 15) is 4.79 Å². The molecular formula is C18H22N4O. The first kappa shape index (κ1) is 14.6. The molecule has 1 aromatic heterocycles. The molecule has 1 aromatic carbocycles. The number of rotatable bonds is 2. The van der Waals surface area contributed by atoms with Crippen LogP contribution in [0.3, 0.4) is 0 Å². The van der Waals surface area contributed by atoms with Gasteiger partial charge in [0.15, 0.2) is 0 Å². The van der Waals surface area contributed by atoms with Gasteiger partial charge in [-0.3, -0.25) is 14.8 Å². The van der Waals surface area contributed by atoms with Crippen molar-refractivity contribution in [2.75, 3.05) is 5.32 Å². The minimum Gasteiger partial charge on any atom is -0.327 e. The molecule has 120 valence electrons. The first-order valence-corrected chi connectivity index (χ1v) is 8.48. The van der Waals surface area contributed by atoms with Gasteiger partial charge in [-0.05, 0) is 55.7 Å². The van der Waals surface area contributed by atoms with Crippen LogP contribution in [-0.2, 0) is 4.79 Å². The first-order valence-electron chi connectivity index (χ1n) is 8.48. The van der Waals surface area contributed by atoms with Crippen molar-refractivity contribution in [3.05, 3.63) is 30.6 Å². The van der Waals surface area contributed by atoms with Gasteiger partial charge in [0.2, 0.25) is 5.91 Å². The number of carbonyl (C=O) groups is 1. The van der Waals surface area contributed by atoms with E-state index >= 15 is 0 Å². The number of nitrogens with two attached hydrogens (primary N) is 1. The predicted octanol–water partition coefficient (Wildman–Crippen LogP) is 2.72. The second-order valence-electron chi connectivity index (χ2n) is 6.95. The van der Waals surface area contributed by atoms with Crippen molar-refractivity contribution in [3.63, 3.8) is 0 Å². The van der Waals surface area contributed by atoms with Crippen molar-refractivity contribution in [3.8, 4) is 0 Å². The lowest BCUT2D eigenvalue weighted by atomic mass is 9.65. The monoisotopic (exact) mass is 310 g/mol. The molecule has 2 unspecified atom stereocenters. The van der Waals surface area contributed by atoms with Crippen molar-refractivity contribution in [2.24, 2.45) is 23.5 Å². The van der Waals surface area contributed by atoms with Gasteiger partial charge in [0.1, 0.15) is 0 Å². The molecule has 2 saturated carbocycles. The molecule has 2 bridgehead atoms. The van der Waals surface area contributed by atoms with Crippen LogP contribution in [0.2, 0.25) is 0 Å². The van der Waals surface area contributed by atoms with Crippen molar-refractivity contribution >= 4 is 22.6 Å². The second-order valence-corrected chi connectivity index (χ2v) is 6.95. The molecule has 2 fully saturated rings. The molecule has 3 N–H and O–H groups in total. The number of carbonyl (C=O) groups excluding carboxylic acids is 1. The van der Waals surface area contributed by atoms with Crippen LogP contribution in [0.4, 0.5) is 5.69 Å². The van der Waals surface area contributed by atoms with Gasteiger partial charge in [-0.15, -0.1) is 0 Å². The van der Waals surface area contributed by atoms with Crippen LogP contribution in [-0.4, -0.2) is 21.9 Å². The summed E-state index contributed by atoms with van der Waals surface area (Å²) >= 11 is 0. The topological polar surface area (TPSA) is 80.9 Å². The Bertz CT molecular complexity index is 718. The highest BCUT2D eigenvalue weighted by Crippen LogP contribution is 2.42. The van der Waals surface area contributed by atoms with Crippen LogP contribution in [0.25, 0.3) is 11.0 Å². The maximum Gasteiger partial charge on any atom is 0.227 e. The first-order chi connectivity index (χ1) is 11.2. The molecule has 5 heteroatoms. The molecule has 0 saturated heterocycles. The van der Waals surface area contributed by atoms with E-state index < -0.39 is 0 Å². The minimum atomic E-state index is 0.0858. The van der Waals surface area contributed by atoms with E-state index in [2.05, 4.69) is 15.3 Å². The number of fused-ring (bicyclic) bond motifs is 3. The molecule has 4 rings (SSSR count). The number of benzene rings is 1. The highest BCUT2D eigenvalue weighted by atomic mass is 16.1. The number of hydrogen-bond acceptors (Lipinski definition) is 4. The van der Waals surface area contributed by atoms with Gasteiger partial charge in [0.05, 0.1) is 11.0 Å². The summed E-state index contributed by atoms with van der Waals surface area (Å²) in [5.41, 5.74) is 8.74. The molecule has 1 amide bonds. The quantitative estimate of drug-likeness (QED) is 0.893. The Kier molecular flexibility index (Phi) is 3.73. The summed E-state index contributed by atoms with van der Waals surface area (Å²) in [6.07, 6.45) is 8.80. The third-order valence-corrected chi connectivity index (χ3v) is 5.52. The van der Waals surface area contributed by atoms with E-state index in [0.29, 0.717) is 17.9 Å². The van der Waals surface area contributed by atoms with Crippen LogP contribution in [0, 0.1) is 17.8 Å². The molecule has 2 aliphatic carbocycles. The van der Waals surface area contributed by atoms with Crippen LogP contribution in [0.5, 0.6) is 0 Å². The lowest BCUT2D eigenvalue weighted by Crippen LogP contribution is -2.48. The summed E-state index contributed by atoms with van der Waals surface area (Å²) < 4.78 is 0. The molecule has 5 nitrogen and oxygen atoms in total. The molecule has 0 radical (unpaired) electrons. The Morgan fingerprint density at radius 3 is 2.52 bits per heavy atom. The number of anilines is 1. The molecule has 2 aliphatic rings. The Labute approximate surface area is 135 Å². The Morgan fingerprint density at radius 1 is 1.09 bits per heavy atom. The van der Waals surface area contributed by atoms with Crippen molar-refractivity contribution in [1.82, 2.24) is 9.97 Å². The fraction of sp³-hybridized carbons (Fsp3) is 0.500. The lowest BCUT2D eigenvalue weighted by Gasteiger charge is -2.43. The average molecular weight is 310 g/mol. The van der Waals surface area contributed by atoms with E-state index in [0.717, 1.165) is 29.6 Å². The van der Waals surface area contributed by atoms with Gasteiger partial charge in [0.25, 0.3) is 0 Å². The van der Waals surface area contributed by atoms with Gasteiger partial charge >= 0.3 is 0 Å². The number of hydrogen-bond donors (Lipinski definition) is 2. The van der Waals surface area contributed by atoms with Crippen molar-refractivity contribution < 1.29 is 4.79 Å². The van der Waals surface area contributed by atoms with Gasteiger partial charge in [-0.2, -0.15) is 0 Å². The fourth-order valence-electron chi connectivity index (χ4n) is 4.29. The maximum absolute atomic E-state index is 12.7. The van der Waals surface area contributed by atoms with Crippen LogP contribution in [0.1, 0.15) is 32.1 Å². The standard InChI is InChI=1S/C18H22N4O/c19-17-11-2-1-3-12(17)9-13(8-11)18(23)22-14-4-5-15-16(10-14)21-7-6-20-15/h4-7,10-13,17H,1-3,8-9,19H2,(H,22,23). The summed E-state index contributed by atoms with van der Waals surface area (Å²) in [5, 5.41) is 3.06. The number of aromatic nitrogens is 2. The van der Waals surface area contributed by atoms with E-state index in [1.165, 1.54) is 19.3 Å². The lowest BCUT2D eigenvalue weighted by molar-refractivity contribution is -0.122. The summed E-state index contributed by atoms with van der Waals surface area (Å²) in [6, 6.07) is 5.97. The Balaban J connectivity index is 1.48. The van der Waals surface area contributed by atoms with E-state index in [1.54, 1.807) is 12.4 Å². The van der Waals surface area contributed by atoms with Crippen LogP contribution >= 0.6 is 0 Å². The van der Waals surface area contributed by atoms with Gasteiger partial charge in [-0.1, -0.05) is 6.42 Å². The van der Waals surface area contributed by atoms with Crippen molar-refractivity contribution in [2.45, 2.75) is 38.1 Å². The zero-order valence-corrected chi connectivity index (χ0v) is 13.1. The average Bonchev–Trinajstić information content (AvgIpc) is 2.54.